The maximum Gasteiger partial charge on any atom is 0.130 e. The third-order valence-electron chi connectivity index (χ3n) is 2.34. The van der Waals surface area contributed by atoms with Crippen molar-refractivity contribution < 1.29 is 8.78 Å². The molecule has 0 bridgehead atoms. The second-order valence-corrected chi connectivity index (χ2v) is 3.93. The molecule has 0 fully saturated rings. The number of nitrogens with zero attached hydrogens (tertiary/aromatic N) is 1. The van der Waals surface area contributed by atoms with Gasteiger partial charge in [0, 0.05) is 17.7 Å². The van der Waals surface area contributed by atoms with Crippen LogP contribution in [0.5, 0.6) is 0 Å². The first-order valence-corrected chi connectivity index (χ1v) is 4.80. The summed E-state index contributed by atoms with van der Waals surface area (Å²) < 4.78 is 26.2. The van der Waals surface area contributed by atoms with Crippen LogP contribution < -0.4 is 5.73 Å². The third-order valence-corrected chi connectivity index (χ3v) is 2.34. The van der Waals surface area contributed by atoms with Crippen molar-refractivity contribution in [2.75, 3.05) is 14.1 Å². The van der Waals surface area contributed by atoms with E-state index in [-0.39, 0.29) is 12.1 Å². The molecular formula is C11H16F2N2. The molecule has 0 heterocycles. The molecule has 0 aliphatic heterocycles. The molecule has 2 nitrogen and oxygen atoms in total. The Hall–Kier alpha value is -1.00. The molecule has 0 radical (unpaired) electrons. The molecule has 0 aliphatic carbocycles. The summed E-state index contributed by atoms with van der Waals surface area (Å²) in [6.07, 6.45) is 0. The van der Waals surface area contributed by atoms with Gasteiger partial charge in [0.2, 0.25) is 0 Å². The third kappa shape index (κ3) is 2.73. The van der Waals surface area contributed by atoms with E-state index in [1.54, 1.807) is 6.92 Å². The van der Waals surface area contributed by atoms with Crippen LogP contribution in [-0.2, 0) is 0 Å². The van der Waals surface area contributed by atoms with E-state index in [0.717, 1.165) is 6.07 Å². The monoisotopic (exact) mass is 214 g/mol. The number of nitrogens with two attached hydrogens (primary N) is 1. The van der Waals surface area contributed by atoms with Crippen LogP contribution in [0.2, 0.25) is 0 Å². The van der Waals surface area contributed by atoms with E-state index >= 15 is 0 Å². The zero-order chi connectivity index (χ0) is 11.6. The van der Waals surface area contributed by atoms with Crippen LogP contribution in [0.15, 0.2) is 18.2 Å². The Morgan fingerprint density at radius 2 is 1.87 bits per heavy atom. The smallest absolute Gasteiger partial charge is 0.130 e. The minimum atomic E-state index is -0.571. The average molecular weight is 214 g/mol. The average Bonchev–Trinajstić information content (AvgIpc) is 2.08. The van der Waals surface area contributed by atoms with E-state index < -0.39 is 11.6 Å². The molecule has 2 unspecified atom stereocenters. The van der Waals surface area contributed by atoms with E-state index in [0.29, 0.717) is 5.56 Å². The SMILES string of the molecule is CC(N)C(c1ccc(F)cc1F)N(C)C. The highest BCUT2D eigenvalue weighted by Gasteiger charge is 2.21. The van der Waals surface area contributed by atoms with Gasteiger partial charge in [0.25, 0.3) is 0 Å². The second kappa shape index (κ2) is 4.68. The Balaban J connectivity index is 3.12. The van der Waals surface area contributed by atoms with Crippen LogP contribution in [-0.4, -0.2) is 25.0 Å². The molecule has 0 amide bonds. The maximum absolute atomic E-state index is 13.5. The van der Waals surface area contributed by atoms with Gasteiger partial charge in [0.15, 0.2) is 0 Å². The normalized spacial score (nSPS) is 15.4. The lowest BCUT2D eigenvalue weighted by molar-refractivity contribution is 0.259. The van der Waals surface area contributed by atoms with E-state index in [9.17, 15) is 8.78 Å². The van der Waals surface area contributed by atoms with Gasteiger partial charge >= 0.3 is 0 Å². The molecule has 2 N–H and O–H groups in total. The van der Waals surface area contributed by atoms with E-state index in [2.05, 4.69) is 0 Å². The molecule has 0 saturated carbocycles. The van der Waals surface area contributed by atoms with Gasteiger partial charge in [0.05, 0.1) is 6.04 Å². The zero-order valence-corrected chi connectivity index (χ0v) is 9.17. The summed E-state index contributed by atoms with van der Waals surface area (Å²) >= 11 is 0. The molecule has 2 atom stereocenters. The highest BCUT2D eigenvalue weighted by molar-refractivity contribution is 5.23. The van der Waals surface area contributed by atoms with E-state index in [1.165, 1.54) is 12.1 Å². The summed E-state index contributed by atoms with van der Waals surface area (Å²) in [6, 6.07) is 3.11. The predicted molar refractivity (Wildman–Crippen MR) is 56.4 cm³/mol. The molecule has 0 aliphatic rings. The van der Waals surface area contributed by atoms with Crippen LogP contribution in [0.3, 0.4) is 0 Å². The Labute approximate surface area is 88.7 Å². The predicted octanol–water partition coefficient (Wildman–Crippen LogP) is 1.91. The van der Waals surface area contributed by atoms with Crippen molar-refractivity contribution in [2.24, 2.45) is 5.73 Å². The molecule has 0 aromatic heterocycles. The highest BCUT2D eigenvalue weighted by atomic mass is 19.1. The van der Waals surface area contributed by atoms with E-state index in [4.69, 9.17) is 5.73 Å². The lowest BCUT2D eigenvalue weighted by Crippen LogP contribution is -2.35. The number of hydrogen-bond donors (Lipinski definition) is 1. The molecule has 1 aromatic carbocycles. The summed E-state index contributed by atoms with van der Waals surface area (Å²) in [7, 11) is 3.63. The number of likely N-dealkylation sites (N-methyl/N-ethyl adjacent to an activating group) is 1. The first-order valence-electron chi connectivity index (χ1n) is 4.80. The minimum Gasteiger partial charge on any atom is -0.326 e. The Kier molecular flexibility index (Phi) is 3.77. The number of rotatable bonds is 3. The zero-order valence-electron chi connectivity index (χ0n) is 9.17. The van der Waals surface area contributed by atoms with Gasteiger partial charge in [-0.1, -0.05) is 6.07 Å². The second-order valence-electron chi connectivity index (χ2n) is 3.93. The summed E-state index contributed by atoms with van der Waals surface area (Å²) in [6.45, 7) is 1.80. The van der Waals surface area contributed by atoms with Crippen molar-refractivity contribution in [3.05, 3.63) is 35.4 Å². The molecule has 15 heavy (non-hydrogen) atoms. The van der Waals surface area contributed by atoms with Gasteiger partial charge in [-0.3, -0.25) is 0 Å². The van der Waals surface area contributed by atoms with Gasteiger partial charge in [0.1, 0.15) is 11.6 Å². The van der Waals surface area contributed by atoms with Crippen LogP contribution in [0.4, 0.5) is 8.78 Å². The Morgan fingerprint density at radius 3 is 2.27 bits per heavy atom. The summed E-state index contributed by atoms with van der Waals surface area (Å²) in [4.78, 5) is 1.82. The molecule has 84 valence electrons. The van der Waals surface area contributed by atoms with E-state index in [1.807, 2.05) is 19.0 Å². The van der Waals surface area contributed by atoms with Crippen molar-refractivity contribution in [1.29, 1.82) is 0 Å². The van der Waals surface area contributed by atoms with Gasteiger partial charge in [-0.25, -0.2) is 8.78 Å². The van der Waals surface area contributed by atoms with Crippen molar-refractivity contribution in [3.63, 3.8) is 0 Å². The molecule has 0 saturated heterocycles. The molecule has 0 spiro atoms. The fourth-order valence-corrected chi connectivity index (χ4v) is 1.77. The Bertz CT molecular complexity index is 329. The minimum absolute atomic E-state index is 0.222. The fraction of sp³-hybridized carbons (Fsp3) is 0.455. The number of benzene rings is 1. The lowest BCUT2D eigenvalue weighted by Gasteiger charge is -2.28. The largest absolute Gasteiger partial charge is 0.326 e. The number of halogens is 2. The lowest BCUT2D eigenvalue weighted by atomic mass is 9.99. The molecule has 1 rings (SSSR count). The van der Waals surface area contributed by atoms with Gasteiger partial charge in [-0.2, -0.15) is 0 Å². The highest BCUT2D eigenvalue weighted by Crippen LogP contribution is 2.24. The van der Waals surface area contributed by atoms with Crippen molar-refractivity contribution in [3.8, 4) is 0 Å². The van der Waals surface area contributed by atoms with Crippen molar-refractivity contribution >= 4 is 0 Å². The molecule has 4 heteroatoms. The van der Waals surface area contributed by atoms with Crippen LogP contribution in [0.1, 0.15) is 18.5 Å². The van der Waals surface area contributed by atoms with Crippen molar-refractivity contribution in [1.82, 2.24) is 4.90 Å². The first-order chi connectivity index (χ1) is 6.93. The summed E-state index contributed by atoms with van der Waals surface area (Å²) in [5.41, 5.74) is 6.20. The van der Waals surface area contributed by atoms with Crippen LogP contribution in [0, 0.1) is 11.6 Å². The standard InChI is InChI=1S/C11H16F2N2/c1-7(14)11(15(2)3)9-5-4-8(12)6-10(9)13/h4-7,11H,14H2,1-3H3. The molecular weight excluding hydrogens is 198 g/mol. The Morgan fingerprint density at radius 1 is 1.27 bits per heavy atom. The van der Waals surface area contributed by atoms with Gasteiger partial charge in [-0.05, 0) is 27.1 Å². The maximum atomic E-state index is 13.5. The topological polar surface area (TPSA) is 29.3 Å². The van der Waals surface area contributed by atoms with Gasteiger partial charge in [-0.15, -0.1) is 0 Å². The van der Waals surface area contributed by atoms with Gasteiger partial charge < -0.3 is 10.6 Å². The summed E-state index contributed by atoms with van der Waals surface area (Å²) in [5.74, 6) is -1.12. The quantitative estimate of drug-likeness (QED) is 0.832. The number of hydrogen-bond acceptors (Lipinski definition) is 2. The fourth-order valence-electron chi connectivity index (χ4n) is 1.77. The van der Waals surface area contributed by atoms with Crippen LogP contribution in [0.25, 0.3) is 0 Å². The summed E-state index contributed by atoms with van der Waals surface area (Å²) in [5, 5.41) is 0. The first kappa shape index (κ1) is 12.1. The van der Waals surface area contributed by atoms with Crippen LogP contribution >= 0.6 is 0 Å². The molecule has 1 aromatic rings. The van der Waals surface area contributed by atoms with Crippen molar-refractivity contribution in [2.45, 2.75) is 19.0 Å².